The fraction of sp³-hybridized carbons (Fsp3) is 0.455. The number of pyridine rings is 1. The van der Waals surface area contributed by atoms with Crippen LogP contribution in [0.25, 0.3) is 0 Å². The number of hydrogen-bond donors (Lipinski definition) is 4. The maximum atomic E-state index is 10.5. The number of guanidine groups is 2. The van der Waals surface area contributed by atoms with Crippen molar-refractivity contribution >= 4 is 70.5 Å². The summed E-state index contributed by atoms with van der Waals surface area (Å²) in [5.74, 6) is 0.370. The van der Waals surface area contributed by atoms with Gasteiger partial charge in [0.15, 0.2) is 14.5 Å². The smallest absolute Gasteiger partial charge is 0.354 e. The predicted octanol–water partition coefficient (Wildman–Crippen LogP) is 2.81. The molecule has 0 atom stereocenters. The van der Waals surface area contributed by atoms with Crippen LogP contribution >= 0.6 is 46.3 Å². The van der Waals surface area contributed by atoms with Crippen LogP contribution in [-0.4, -0.2) is 87.3 Å². The quantitative estimate of drug-likeness (QED) is 0.0740. The molecular weight excluding hydrogens is 663 g/mol. The summed E-state index contributed by atoms with van der Waals surface area (Å²) in [7, 11) is 3.02. The molecular formula is C22H32Cl2N12O6S2. The molecule has 44 heavy (non-hydrogen) atoms. The number of hydrazone groups is 2. The topological polar surface area (TPSA) is 227 Å². The number of carbonyl (C=O) groups excluding carboxylic acids is 1. The second kappa shape index (κ2) is 20.0. The zero-order valence-corrected chi connectivity index (χ0v) is 27.5. The molecule has 18 nitrogen and oxygen atoms in total. The molecule has 3 rings (SSSR count). The molecule has 2 aromatic heterocycles. The summed E-state index contributed by atoms with van der Waals surface area (Å²) in [4.78, 5) is 45.8. The van der Waals surface area contributed by atoms with Gasteiger partial charge in [-0.15, -0.1) is 11.3 Å². The number of thiazole rings is 1. The van der Waals surface area contributed by atoms with Gasteiger partial charge in [0.1, 0.15) is 15.4 Å². The number of halogens is 2. The van der Waals surface area contributed by atoms with Crippen molar-refractivity contribution in [3.8, 4) is 0 Å². The third-order valence-electron chi connectivity index (χ3n) is 4.91. The molecule has 3 heterocycles. The molecule has 0 aliphatic carbocycles. The molecule has 0 radical (unpaired) electrons. The van der Waals surface area contributed by atoms with E-state index in [1.807, 2.05) is 26.2 Å². The number of thioether (sulfide) groups is 1. The van der Waals surface area contributed by atoms with Crippen molar-refractivity contribution in [1.82, 2.24) is 36.1 Å². The Hall–Kier alpha value is -4.01. The number of aromatic nitrogens is 2. The second-order valence-corrected chi connectivity index (χ2v) is 12.1. The second-order valence-electron chi connectivity index (χ2n) is 8.54. The van der Waals surface area contributed by atoms with Crippen molar-refractivity contribution < 1.29 is 19.7 Å². The molecule has 1 amide bonds. The molecule has 0 aromatic carbocycles. The molecule has 1 aliphatic heterocycles. The average molecular weight is 696 g/mol. The van der Waals surface area contributed by atoms with E-state index in [-0.39, 0.29) is 16.7 Å². The van der Waals surface area contributed by atoms with Gasteiger partial charge in [-0.05, 0) is 31.7 Å². The minimum absolute atomic E-state index is 0.0875. The fourth-order valence-corrected chi connectivity index (χ4v) is 3.84. The first-order valence-corrected chi connectivity index (χ1v) is 15.1. The van der Waals surface area contributed by atoms with E-state index in [9.17, 15) is 25.0 Å². The largest absolute Gasteiger partial charge is 0.433 e. The first-order chi connectivity index (χ1) is 20.8. The van der Waals surface area contributed by atoms with Gasteiger partial charge in [0.2, 0.25) is 0 Å². The summed E-state index contributed by atoms with van der Waals surface area (Å²) in [6.07, 6.45) is 6.24. The van der Waals surface area contributed by atoms with E-state index < -0.39 is 16.2 Å². The number of nitrogens with zero attached hydrogens (tertiary/aromatic N) is 8. The van der Waals surface area contributed by atoms with Gasteiger partial charge < -0.3 is 26.2 Å². The predicted molar refractivity (Wildman–Crippen MR) is 171 cm³/mol. The summed E-state index contributed by atoms with van der Waals surface area (Å²) in [5.41, 5.74) is 0.925. The Morgan fingerprint density at radius 2 is 1.95 bits per heavy atom. The molecule has 2 aromatic rings. The summed E-state index contributed by atoms with van der Waals surface area (Å²) in [6.45, 7) is 6.19. The van der Waals surface area contributed by atoms with Gasteiger partial charge in [0, 0.05) is 55.7 Å². The summed E-state index contributed by atoms with van der Waals surface area (Å²) < 4.78 is 0.331. The highest BCUT2D eigenvalue weighted by Crippen LogP contribution is 2.18. The van der Waals surface area contributed by atoms with E-state index in [2.05, 4.69) is 51.4 Å². The Bertz CT molecular complexity index is 1310. The zero-order valence-electron chi connectivity index (χ0n) is 24.3. The van der Waals surface area contributed by atoms with Crippen molar-refractivity contribution in [1.29, 1.82) is 0 Å². The molecule has 0 bridgehead atoms. The SMILES string of the molecule is CN/C(=N\[N+](=O)[O-])NCc1cnc(Cl)s1.CNC(=O)O/N=C/C(C)(C)SC.O=[N+]([O-])/N=C1\NCCN1Cc1ccc(Cl)nc1. The molecule has 242 valence electrons. The third-order valence-corrected chi connectivity index (χ3v) is 7.40. The molecule has 4 N–H and O–H groups in total. The van der Waals surface area contributed by atoms with Gasteiger partial charge in [-0.25, -0.2) is 35.0 Å². The van der Waals surface area contributed by atoms with Gasteiger partial charge in [-0.2, -0.15) is 11.8 Å². The third kappa shape index (κ3) is 16.6. The molecule has 0 spiro atoms. The van der Waals surface area contributed by atoms with E-state index in [1.165, 1.54) is 25.4 Å². The lowest BCUT2D eigenvalue weighted by atomic mass is 10.2. The van der Waals surface area contributed by atoms with Crippen LogP contribution in [0.4, 0.5) is 4.79 Å². The van der Waals surface area contributed by atoms with Crippen LogP contribution in [0.2, 0.25) is 9.62 Å². The number of hydrogen-bond acceptors (Lipinski definition) is 11. The Morgan fingerprint density at radius 1 is 1.23 bits per heavy atom. The number of carbonyl (C=O) groups is 1. The summed E-state index contributed by atoms with van der Waals surface area (Å²) >= 11 is 14.2. The lowest BCUT2D eigenvalue weighted by molar-refractivity contribution is -0.485. The normalized spacial score (nSPS) is 13.7. The van der Waals surface area contributed by atoms with Crippen molar-refractivity contribution in [2.24, 2.45) is 15.4 Å². The zero-order chi connectivity index (χ0) is 33.1. The highest BCUT2D eigenvalue weighted by atomic mass is 35.5. The average Bonchev–Trinajstić information content (AvgIpc) is 3.60. The van der Waals surface area contributed by atoms with Gasteiger partial charge in [0.25, 0.3) is 11.9 Å². The Balaban J connectivity index is 0.000000336. The molecule has 22 heteroatoms. The molecule has 0 unspecified atom stereocenters. The van der Waals surface area contributed by atoms with Crippen LogP contribution in [0.3, 0.4) is 0 Å². The van der Waals surface area contributed by atoms with E-state index in [1.54, 1.807) is 41.3 Å². The van der Waals surface area contributed by atoms with Gasteiger partial charge in [-0.1, -0.05) is 34.4 Å². The van der Waals surface area contributed by atoms with Crippen molar-refractivity contribution in [2.45, 2.75) is 31.7 Å². The lowest BCUT2D eigenvalue weighted by Crippen LogP contribution is -2.34. The minimum atomic E-state index is -0.779. The first kappa shape index (κ1) is 38.0. The van der Waals surface area contributed by atoms with Crippen molar-refractivity contribution in [2.75, 3.05) is 33.4 Å². The van der Waals surface area contributed by atoms with Crippen LogP contribution < -0.4 is 21.3 Å². The maximum Gasteiger partial charge on any atom is 0.433 e. The fourth-order valence-electron chi connectivity index (χ4n) is 2.66. The Morgan fingerprint density at radius 3 is 2.48 bits per heavy atom. The van der Waals surface area contributed by atoms with Gasteiger partial charge >= 0.3 is 6.09 Å². The van der Waals surface area contributed by atoms with Crippen LogP contribution in [0.1, 0.15) is 24.3 Å². The number of oxime groups is 1. The standard InChI is InChI=1S/C9H10ClN5O2.C7H14N2O2S.C6H8ClN5O2S/c10-8-2-1-7(5-12-8)6-14-4-3-11-9(14)13-15(16)17;1-7(2,12-4)5-9-11-6(10)8-3;1-8-6(11-12(13)14)10-3-4-2-9-5(7)15-4/h1-2,5H,3-4,6H2,(H,11,13);5H,1-4H3,(H,8,10);2H,3H2,1H3,(H2,8,10,11)/b;9-5+;. The van der Waals surface area contributed by atoms with E-state index in [4.69, 9.17) is 23.2 Å². The van der Waals surface area contributed by atoms with Gasteiger partial charge in [-0.3, -0.25) is 4.84 Å². The monoisotopic (exact) mass is 694 g/mol. The van der Waals surface area contributed by atoms with Crippen LogP contribution in [-0.2, 0) is 17.9 Å². The van der Waals surface area contributed by atoms with Crippen molar-refractivity contribution in [3.63, 3.8) is 0 Å². The van der Waals surface area contributed by atoms with E-state index >= 15 is 0 Å². The maximum absolute atomic E-state index is 10.5. The highest BCUT2D eigenvalue weighted by molar-refractivity contribution is 8.00. The lowest BCUT2D eigenvalue weighted by Gasteiger charge is -2.14. The minimum Gasteiger partial charge on any atom is -0.354 e. The van der Waals surface area contributed by atoms with Crippen LogP contribution in [0.15, 0.2) is 39.9 Å². The van der Waals surface area contributed by atoms with E-state index in [0.717, 1.165) is 10.4 Å². The molecule has 0 saturated carbocycles. The molecule has 1 saturated heterocycles. The Labute approximate surface area is 271 Å². The number of rotatable bonds is 9. The number of amides is 1. The summed E-state index contributed by atoms with van der Waals surface area (Å²) in [5, 5.41) is 39.7. The highest BCUT2D eigenvalue weighted by Gasteiger charge is 2.21. The van der Waals surface area contributed by atoms with E-state index in [0.29, 0.717) is 35.8 Å². The van der Waals surface area contributed by atoms with Gasteiger partial charge in [0.05, 0.1) is 12.8 Å². The molecule has 1 fully saturated rings. The Kier molecular flexibility index (Phi) is 17.3. The summed E-state index contributed by atoms with van der Waals surface area (Å²) in [6, 6.07) is 3.52. The van der Waals surface area contributed by atoms with Crippen LogP contribution in [0.5, 0.6) is 0 Å². The number of nitro groups is 2. The molecule has 1 aliphatic rings. The van der Waals surface area contributed by atoms with Crippen molar-refractivity contribution in [3.05, 3.63) is 64.8 Å². The van der Waals surface area contributed by atoms with Crippen LogP contribution in [0, 0.1) is 20.2 Å². The first-order valence-electron chi connectivity index (χ1n) is 12.3. The number of nitrogens with one attached hydrogen (secondary N) is 4.